The Morgan fingerprint density at radius 3 is 2.55 bits per heavy atom. The fourth-order valence-corrected chi connectivity index (χ4v) is 2.60. The molecule has 1 aromatic heterocycles. The number of hydrogen-bond donors (Lipinski definition) is 1. The van der Waals surface area contributed by atoms with Gasteiger partial charge in [0.2, 0.25) is 0 Å². The van der Waals surface area contributed by atoms with Gasteiger partial charge in [-0.3, -0.25) is 0 Å². The normalized spacial score (nSPS) is 20.6. The van der Waals surface area contributed by atoms with Crippen molar-refractivity contribution in [3.05, 3.63) is 53.2 Å². The Morgan fingerprint density at radius 2 is 1.91 bits per heavy atom. The van der Waals surface area contributed by atoms with Crippen LogP contribution in [0.4, 0.5) is 20.3 Å². The molecule has 1 radical (unpaired) electrons. The van der Waals surface area contributed by atoms with Crippen LogP contribution in [0.5, 0.6) is 0 Å². The minimum absolute atomic E-state index is 0.119. The van der Waals surface area contributed by atoms with Crippen molar-refractivity contribution in [2.75, 3.05) is 11.9 Å². The van der Waals surface area contributed by atoms with Crippen LogP contribution in [0.25, 0.3) is 0 Å². The standard InChI is InChI=1S/C16H15ClF2N3/c17-12-3-5-13(6-4-12)22-14-7-2-11(10-21-14)15-16(18,19)8-1-9-20-15/h2-7,10,15H,1,8-9H2,(H,21,22). The number of hydrogen-bond acceptors (Lipinski definition) is 2. The molecule has 2 heterocycles. The maximum Gasteiger partial charge on any atom is 0.268 e. The highest BCUT2D eigenvalue weighted by molar-refractivity contribution is 6.30. The second-order valence-corrected chi connectivity index (χ2v) is 5.72. The number of halogens is 3. The second kappa shape index (κ2) is 6.18. The monoisotopic (exact) mass is 322 g/mol. The fourth-order valence-electron chi connectivity index (χ4n) is 2.48. The molecule has 3 nitrogen and oxygen atoms in total. The van der Waals surface area contributed by atoms with Crippen LogP contribution in [-0.2, 0) is 0 Å². The zero-order valence-corrected chi connectivity index (χ0v) is 12.5. The molecule has 22 heavy (non-hydrogen) atoms. The number of anilines is 2. The van der Waals surface area contributed by atoms with Crippen LogP contribution in [0.2, 0.25) is 5.02 Å². The first kappa shape index (κ1) is 15.2. The summed E-state index contributed by atoms with van der Waals surface area (Å²) in [6.07, 6.45) is 1.78. The number of benzene rings is 1. The summed E-state index contributed by atoms with van der Waals surface area (Å²) < 4.78 is 27.8. The van der Waals surface area contributed by atoms with Gasteiger partial charge in [-0.2, -0.15) is 0 Å². The Balaban J connectivity index is 1.73. The van der Waals surface area contributed by atoms with Crippen LogP contribution in [0.15, 0.2) is 42.6 Å². The van der Waals surface area contributed by atoms with Crippen molar-refractivity contribution in [3.63, 3.8) is 0 Å². The van der Waals surface area contributed by atoms with E-state index in [1.54, 1.807) is 24.3 Å². The summed E-state index contributed by atoms with van der Waals surface area (Å²) in [5, 5.41) is 7.79. The Kier molecular flexibility index (Phi) is 4.27. The summed E-state index contributed by atoms with van der Waals surface area (Å²) >= 11 is 5.82. The maximum atomic E-state index is 13.9. The lowest BCUT2D eigenvalue weighted by Crippen LogP contribution is -2.38. The van der Waals surface area contributed by atoms with Gasteiger partial charge < -0.3 is 5.32 Å². The Labute approximate surface area is 132 Å². The summed E-state index contributed by atoms with van der Waals surface area (Å²) in [4.78, 5) is 4.20. The number of pyridine rings is 1. The van der Waals surface area contributed by atoms with E-state index in [1.165, 1.54) is 6.20 Å². The highest BCUT2D eigenvalue weighted by Gasteiger charge is 2.43. The van der Waals surface area contributed by atoms with Gasteiger partial charge >= 0.3 is 0 Å². The Hall–Kier alpha value is -1.72. The van der Waals surface area contributed by atoms with Gasteiger partial charge in [0, 0.05) is 29.9 Å². The van der Waals surface area contributed by atoms with E-state index in [2.05, 4.69) is 15.6 Å². The molecule has 3 rings (SSSR count). The summed E-state index contributed by atoms with van der Waals surface area (Å²) in [5.41, 5.74) is 1.28. The van der Waals surface area contributed by atoms with Gasteiger partial charge in [-0.1, -0.05) is 17.7 Å². The number of nitrogens with one attached hydrogen (secondary N) is 1. The summed E-state index contributed by atoms with van der Waals surface area (Å²) in [7, 11) is 0. The smallest absolute Gasteiger partial charge is 0.268 e. The van der Waals surface area contributed by atoms with Gasteiger partial charge in [-0.15, -0.1) is 0 Å². The largest absolute Gasteiger partial charge is 0.340 e. The second-order valence-electron chi connectivity index (χ2n) is 5.28. The van der Waals surface area contributed by atoms with Crippen molar-refractivity contribution in [2.45, 2.75) is 24.8 Å². The van der Waals surface area contributed by atoms with Crippen molar-refractivity contribution in [3.8, 4) is 0 Å². The first-order valence-electron chi connectivity index (χ1n) is 7.07. The average molecular weight is 323 g/mol. The van der Waals surface area contributed by atoms with Crippen molar-refractivity contribution >= 4 is 23.1 Å². The number of alkyl halides is 2. The third-order valence-corrected chi connectivity index (χ3v) is 3.85. The SMILES string of the molecule is FC1(F)CCC[N]C1c1ccc(Nc2ccc(Cl)cc2)nc1. The number of nitrogens with zero attached hydrogens (tertiary/aromatic N) is 2. The third-order valence-electron chi connectivity index (χ3n) is 3.60. The van der Waals surface area contributed by atoms with Crippen LogP contribution in [0.3, 0.4) is 0 Å². The quantitative estimate of drug-likeness (QED) is 0.900. The molecule has 1 N–H and O–H groups in total. The molecule has 0 bridgehead atoms. The maximum absolute atomic E-state index is 13.9. The third kappa shape index (κ3) is 3.36. The summed E-state index contributed by atoms with van der Waals surface area (Å²) in [6.45, 7) is 0.477. The van der Waals surface area contributed by atoms with Crippen molar-refractivity contribution < 1.29 is 8.78 Å². The molecule has 1 aliphatic rings. The van der Waals surface area contributed by atoms with Gasteiger partial charge in [0.05, 0.1) is 0 Å². The molecule has 0 amide bonds. The predicted octanol–water partition coefficient (Wildman–Crippen LogP) is 4.55. The van der Waals surface area contributed by atoms with E-state index in [4.69, 9.17) is 11.6 Å². The van der Waals surface area contributed by atoms with Crippen molar-refractivity contribution in [2.24, 2.45) is 0 Å². The van der Waals surface area contributed by atoms with E-state index >= 15 is 0 Å². The molecule has 6 heteroatoms. The molecule has 1 aliphatic heterocycles. The van der Waals surface area contributed by atoms with Crippen molar-refractivity contribution in [1.82, 2.24) is 10.3 Å². The predicted molar refractivity (Wildman–Crippen MR) is 82.9 cm³/mol. The van der Waals surface area contributed by atoms with Crippen molar-refractivity contribution in [1.29, 1.82) is 0 Å². The highest BCUT2D eigenvalue weighted by atomic mass is 35.5. The molecular formula is C16H15ClF2N3. The van der Waals surface area contributed by atoms with Crippen LogP contribution < -0.4 is 10.6 Å². The molecule has 0 spiro atoms. The van der Waals surface area contributed by atoms with Crippen LogP contribution in [0.1, 0.15) is 24.4 Å². The lowest BCUT2D eigenvalue weighted by atomic mass is 9.95. The topological polar surface area (TPSA) is 39.0 Å². The minimum Gasteiger partial charge on any atom is -0.340 e. The van der Waals surface area contributed by atoms with Gasteiger partial charge in [0.1, 0.15) is 11.9 Å². The molecule has 0 saturated carbocycles. The van der Waals surface area contributed by atoms with E-state index in [0.717, 1.165) is 5.69 Å². The van der Waals surface area contributed by atoms with Crippen LogP contribution >= 0.6 is 11.6 Å². The minimum atomic E-state index is -2.79. The average Bonchev–Trinajstić information content (AvgIpc) is 2.50. The first-order chi connectivity index (χ1) is 10.5. The lowest BCUT2D eigenvalue weighted by Gasteiger charge is -2.31. The summed E-state index contributed by atoms with van der Waals surface area (Å²) in [6, 6.07) is 9.42. The van der Waals surface area contributed by atoms with E-state index in [9.17, 15) is 8.78 Å². The Morgan fingerprint density at radius 1 is 1.14 bits per heavy atom. The number of piperidine rings is 1. The molecule has 1 atom stereocenters. The van der Waals surface area contributed by atoms with Gasteiger partial charge in [-0.05, 0) is 42.3 Å². The van der Waals surface area contributed by atoms with Gasteiger partial charge in [0.15, 0.2) is 0 Å². The first-order valence-corrected chi connectivity index (χ1v) is 7.45. The summed E-state index contributed by atoms with van der Waals surface area (Å²) in [5.74, 6) is -2.20. The highest BCUT2D eigenvalue weighted by Crippen LogP contribution is 2.38. The molecule has 1 aromatic carbocycles. The lowest BCUT2D eigenvalue weighted by molar-refractivity contribution is -0.0636. The van der Waals surface area contributed by atoms with Crippen LogP contribution in [0, 0.1) is 0 Å². The zero-order valence-electron chi connectivity index (χ0n) is 11.8. The number of rotatable bonds is 3. The molecule has 2 aromatic rings. The van der Waals surface area contributed by atoms with E-state index in [-0.39, 0.29) is 6.42 Å². The molecule has 1 unspecified atom stereocenters. The van der Waals surface area contributed by atoms with Crippen LogP contribution in [-0.4, -0.2) is 17.5 Å². The molecule has 1 saturated heterocycles. The molecule has 115 valence electrons. The van der Waals surface area contributed by atoms with Gasteiger partial charge in [-0.25, -0.2) is 19.1 Å². The molecule has 1 fully saturated rings. The molecular weight excluding hydrogens is 308 g/mol. The van der Waals surface area contributed by atoms with E-state index in [1.807, 2.05) is 12.1 Å². The molecule has 0 aliphatic carbocycles. The fraction of sp³-hybridized carbons (Fsp3) is 0.312. The Bertz CT molecular complexity index is 629. The van der Waals surface area contributed by atoms with E-state index in [0.29, 0.717) is 29.4 Å². The zero-order chi connectivity index (χ0) is 15.6. The van der Waals surface area contributed by atoms with E-state index < -0.39 is 12.0 Å². The van der Waals surface area contributed by atoms with Gasteiger partial charge in [0.25, 0.3) is 5.92 Å². The number of aromatic nitrogens is 1.